The molecule has 1 aliphatic heterocycles. The third kappa shape index (κ3) is 4.07. The van der Waals surface area contributed by atoms with Crippen LogP contribution in [0.4, 0.5) is 5.69 Å². The van der Waals surface area contributed by atoms with E-state index in [1.165, 1.54) is 11.3 Å². The molecule has 1 saturated heterocycles. The Morgan fingerprint density at radius 3 is 2.25 bits per heavy atom. The minimum atomic E-state index is 0.249. The second-order valence-electron chi connectivity index (χ2n) is 5.99. The van der Waals surface area contributed by atoms with Crippen LogP contribution < -0.4 is 9.64 Å². The van der Waals surface area contributed by atoms with Gasteiger partial charge < -0.3 is 14.5 Å². The van der Waals surface area contributed by atoms with Gasteiger partial charge in [-0.3, -0.25) is 4.79 Å². The van der Waals surface area contributed by atoms with Crippen molar-refractivity contribution in [2.45, 2.75) is 20.0 Å². The second kappa shape index (κ2) is 7.86. The van der Waals surface area contributed by atoms with E-state index < -0.39 is 0 Å². The van der Waals surface area contributed by atoms with Crippen molar-refractivity contribution in [1.82, 2.24) is 4.90 Å². The SMILES string of the molecule is CCC(=O)N1CCN(c2ccc(OCc3ccccc3)cc2)CC1. The number of ether oxygens (including phenoxy) is 1. The second-order valence-corrected chi connectivity index (χ2v) is 5.99. The molecule has 1 heterocycles. The van der Waals surface area contributed by atoms with Gasteiger partial charge in [0.15, 0.2) is 0 Å². The van der Waals surface area contributed by atoms with Crippen LogP contribution in [-0.2, 0) is 11.4 Å². The first kappa shape index (κ1) is 16.4. The Hall–Kier alpha value is -2.49. The van der Waals surface area contributed by atoms with Gasteiger partial charge >= 0.3 is 0 Å². The molecule has 0 aliphatic carbocycles. The summed E-state index contributed by atoms with van der Waals surface area (Å²) < 4.78 is 5.83. The van der Waals surface area contributed by atoms with Gasteiger partial charge in [0.05, 0.1) is 0 Å². The molecule has 0 unspecified atom stereocenters. The highest BCUT2D eigenvalue weighted by Crippen LogP contribution is 2.21. The van der Waals surface area contributed by atoms with Crippen molar-refractivity contribution >= 4 is 11.6 Å². The molecule has 0 saturated carbocycles. The molecular weight excluding hydrogens is 300 g/mol. The quantitative estimate of drug-likeness (QED) is 0.846. The van der Waals surface area contributed by atoms with Crippen molar-refractivity contribution in [2.24, 2.45) is 0 Å². The average Bonchev–Trinajstić information content (AvgIpc) is 2.67. The van der Waals surface area contributed by atoms with E-state index >= 15 is 0 Å². The van der Waals surface area contributed by atoms with Crippen molar-refractivity contribution in [1.29, 1.82) is 0 Å². The highest BCUT2D eigenvalue weighted by molar-refractivity contribution is 5.76. The first-order chi connectivity index (χ1) is 11.8. The van der Waals surface area contributed by atoms with Crippen molar-refractivity contribution in [3.05, 3.63) is 60.2 Å². The first-order valence-electron chi connectivity index (χ1n) is 8.56. The first-order valence-corrected chi connectivity index (χ1v) is 8.56. The largest absolute Gasteiger partial charge is 0.489 e. The van der Waals surface area contributed by atoms with Crippen molar-refractivity contribution < 1.29 is 9.53 Å². The smallest absolute Gasteiger partial charge is 0.222 e. The third-order valence-corrected chi connectivity index (χ3v) is 4.39. The summed E-state index contributed by atoms with van der Waals surface area (Å²) in [6.45, 7) is 5.88. The summed E-state index contributed by atoms with van der Waals surface area (Å²) in [4.78, 5) is 16.0. The summed E-state index contributed by atoms with van der Waals surface area (Å²) in [5.41, 5.74) is 2.35. The van der Waals surface area contributed by atoms with E-state index in [9.17, 15) is 4.79 Å². The van der Waals surface area contributed by atoms with Crippen LogP contribution >= 0.6 is 0 Å². The molecule has 24 heavy (non-hydrogen) atoms. The molecule has 0 atom stereocenters. The van der Waals surface area contributed by atoms with Crippen molar-refractivity contribution in [2.75, 3.05) is 31.1 Å². The lowest BCUT2D eigenvalue weighted by Crippen LogP contribution is -2.48. The highest BCUT2D eigenvalue weighted by Gasteiger charge is 2.19. The van der Waals surface area contributed by atoms with Gasteiger partial charge in [0.2, 0.25) is 5.91 Å². The number of rotatable bonds is 5. The zero-order chi connectivity index (χ0) is 16.8. The summed E-state index contributed by atoms with van der Waals surface area (Å²) in [5, 5.41) is 0. The third-order valence-electron chi connectivity index (χ3n) is 4.39. The van der Waals surface area contributed by atoms with Gasteiger partial charge in [-0.2, -0.15) is 0 Å². The molecule has 0 aromatic heterocycles. The summed E-state index contributed by atoms with van der Waals surface area (Å²) in [5.74, 6) is 1.13. The number of carbonyl (C=O) groups is 1. The van der Waals surface area contributed by atoms with E-state index in [0.717, 1.165) is 31.9 Å². The van der Waals surface area contributed by atoms with Gasteiger partial charge in [0.1, 0.15) is 12.4 Å². The Morgan fingerprint density at radius 1 is 0.958 bits per heavy atom. The lowest BCUT2D eigenvalue weighted by atomic mass is 10.2. The van der Waals surface area contributed by atoms with Gasteiger partial charge in [0, 0.05) is 38.3 Å². The van der Waals surface area contributed by atoms with Gasteiger partial charge in [-0.1, -0.05) is 37.3 Å². The van der Waals surface area contributed by atoms with Crippen LogP contribution in [0.2, 0.25) is 0 Å². The number of benzene rings is 2. The topological polar surface area (TPSA) is 32.8 Å². The van der Waals surface area contributed by atoms with Crippen LogP contribution in [0.25, 0.3) is 0 Å². The molecule has 1 aliphatic rings. The number of anilines is 1. The van der Waals surface area contributed by atoms with E-state index in [4.69, 9.17) is 4.74 Å². The molecular formula is C20H24N2O2. The molecule has 126 valence electrons. The maximum absolute atomic E-state index is 11.7. The number of piperazine rings is 1. The molecule has 4 heteroatoms. The van der Waals surface area contributed by atoms with Crippen molar-refractivity contribution in [3.63, 3.8) is 0 Å². The monoisotopic (exact) mass is 324 g/mol. The summed E-state index contributed by atoms with van der Waals surface area (Å²) in [7, 11) is 0. The Morgan fingerprint density at radius 2 is 1.62 bits per heavy atom. The molecule has 2 aromatic carbocycles. The van der Waals surface area contributed by atoms with Gasteiger partial charge in [-0.05, 0) is 29.8 Å². The van der Waals surface area contributed by atoms with E-state index in [0.29, 0.717) is 13.0 Å². The number of nitrogens with zero attached hydrogens (tertiary/aromatic N) is 2. The fourth-order valence-electron chi connectivity index (χ4n) is 2.93. The van der Waals surface area contributed by atoms with Crippen LogP contribution in [0.15, 0.2) is 54.6 Å². The Balaban J connectivity index is 1.52. The fraction of sp³-hybridized carbons (Fsp3) is 0.350. The molecule has 0 N–H and O–H groups in total. The van der Waals surface area contributed by atoms with Crippen LogP contribution in [0.5, 0.6) is 5.75 Å². The molecule has 3 rings (SSSR count). The molecule has 2 aromatic rings. The lowest BCUT2D eigenvalue weighted by Gasteiger charge is -2.36. The van der Waals surface area contributed by atoms with E-state index in [1.807, 2.05) is 42.2 Å². The van der Waals surface area contributed by atoms with E-state index in [-0.39, 0.29) is 5.91 Å². The molecule has 0 spiro atoms. The van der Waals surface area contributed by atoms with Crippen LogP contribution in [0, 0.1) is 0 Å². The van der Waals surface area contributed by atoms with Gasteiger partial charge in [-0.15, -0.1) is 0 Å². The maximum Gasteiger partial charge on any atom is 0.222 e. The number of hydrogen-bond donors (Lipinski definition) is 0. The van der Waals surface area contributed by atoms with Crippen molar-refractivity contribution in [3.8, 4) is 5.75 Å². The summed E-state index contributed by atoms with van der Waals surface area (Å²) >= 11 is 0. The zero-order valence-corrected chi connectivity index (χ0v) is 14.1. The number of amides is 1. The molecule has 0 bridgehead atoms. The van der Waals surface area contributed by atoms with Crippen LogP contribution in [-0.4, -0.2) is 37.0 Å². The minimum Gasteiger partial charge on any atom is -0.489 e. The molecule has 1 amide bonds. The number of carbonyl (C=O) groups excluding carboxylic acids is 1. The van der Waals surface area contributed by atoms with Crippen LogP contribution in [0.3, 0.4) is 0 Å². The molecule has 0 radical (unpaired) electrons. The minimum absolute atomic E-state index is 0.249. The Kier molecular flexibility index (Phi) is 5.36. The molecule has 1 fully saturated rings. The molecule has 4 nitrogen and oxygen atoms in total. The average molecular weight is 324 g/mol. The summed E-state index contributed by atoms with van der Waals surface area (Å²) in [6.07, 6.45) is 0.591. The predicted molar refractivity (Wildman–Crippen MR) is 96.3 cm³/mol. The van der Waals surface area contributed by atoms with Gasteiger partial charge in [-0.25, -0.2) is 0 Å². The predicted octanol–water partition coefficient (Wildman–Crippen LogP) is 3.32. The lowest BCUT2D eigenvalue weighted by molar-refractivity contribution is -0.131. The fourth-order valence-corrected chi connectivity index (χ4v) is 2.93. The van der Waals surface area contributed by atoms with E-state index in [1.54, 1.807) is 0 Å². The normalized spacial score (nSPS) is 14.5. The van der Waals surface area contributed by atoms with E-state index in [2.05, 4.69) is 29.2 Å². The Bertz CT molecular complexity index is 647. The zero-order valence-electron chi connectivity index (χ0n) is 14.1. The van der Waals surface area contributed by atoms with Crippen LogP contribution in [0.1, 0.15) is 18.9 Å². The summed E-state index contributed by atoms with van der Waals surface area (Å²) in [6, 6.07) is 18.4. The standard InChI is InChI=1S/C20H24N2O2/c1-2-20(23)22-14-12-21(13-15-22)18-8-10-19(11-9-18)24-16-17-6-4-3-5-7-17/h3-11H,2,12-16H2,1H3. The Labute approximate surface area is 143 Å². The highest BCUT2D eigenvalue weighted by atomic mass is 16.5. The number of hydrogen-bond acceptors (Lipinski definition) is 3. The van der Waals surface area contributed by atoms with Gasteiger partial charge in [0.25, 0.3) is 0 Å². The maximum atomic E-state index is 11.7.